The highest BCUT2D eigenvalue weighted by atomic mass is 35.5. The molecule has 3 heteroatoms. The van der Waals surface area contributed by atoms with Crippen LogP contribution in [0.2, 0.25) is 5.02 Å². The molecule has 1 aromatic carbocycles. The Balaban J connectivity index is 3.26. The molecule has 2 N–H and O–H groups in total. The Hall–Kier alpha value is -0.730. The molecule has 0 heterocycles. The summed E-state index contributed by atoms with van der Waals surface area (Å²) in [5.41, 5.74) is 9.21. The van der Waals surface area contributed by atoms with Crippen molar-refractivity contribution in [3.63, 3.8) is 0 Å². The number of benzene rings is 1. The van der Waals surface area contributed by atoms with Crippen LogP contribution in [0.15, 0.2) is 6.07 Å². The fraction of sp³-hybridized carbons (Fsp3) is 0.625. The smallest absolute Gasteiger partial charge is 0.125 e. The van der Waals surface area contributed by atoms with Crippen LogP contribution in [0.1, 0.15) is 55.2 Å². The average molecular weight is 284 g/mol. The Labute approximate surface area is 122 Å². The monoisotopic (exact) mass is 283 g/mol. The van der Waals surface area contributed by atoms with E-state index >= 15 is 0 Å². The van der Waals surface area contributed by atoms with Gasteiger partial charge in [-0.1, -0.05) is 24.9 Å². The molecule has 0 aliphatic heterocycles. The van der Waals surface area contributed by atoms with Gasteiger partial charge in [0.2, 0.25) is 0 Å². The van der Waals surface area contributed by atoms with Gasteiger partial charge in [0, 0.05) is 10.6 Å². The zero-order valence-electron chi connectivity index (χ0n) is 12.6. The van der Waals surface area contributed by atoms with Gasteiger partial charge in [0.1, 0.15) is 5.75 Å². The molecule has 0 saturated carbocycles. The van der Waals surface area contributed by atoms with Gasteiger partial charge in [-0.25, -0.2) is 0 Å². The van der Waals surface area contributed by atoms with Crippen LogP contribution in [-0.2, 0) is 0 Å². The van der Waals surface area contributed by atoms with Crippen molar-refractivity contribution in [2.24, 2.45) is 5.73 Å². The first-order chi connectivity index (χ1) is 9.06. The van der Waals surface area contributed by atoms with Crippen LogP contribution in [0.3, 0.4) is 0 Å². The molecular weight excluding hydrogens is 258 g/mol. The summed E-state index contributed by atoms with van der Waals surface area (Å²) < 4.78 is 5.63. The number of methoxy groups -OCH3 is 1. The van der Waals surface area contributed by atoms with E-state index in [2.05, 4.69) is 20.8 Å². The molecule has 0 fully saturated rings. The molecule has 0 bridgehead atoms. The second kappa shape index (κ2) is 7.76. The minimum atomic E-state index is 0.487. The Bertz CT molecular complexity index is 418. The molecule has 0 radical (unpaired) electrons. The van der Waals surface area contributed by atoms with Crippen molar-refractivity contribution in [3.05, 3.63) is 27.8 Å². The average Bonchev–Trinajstić information content (AvgIpc) is 2.38. The Kier molecular flexibility index (Phi) is 6.67. The third-order valence-corrected chi connectivity index (χ3v) is 4.11. The number of halogens is 1. The molecule has 108 valence electrons. The second-order valence-electron chi connectivity index (χ2n) is 5.16. The van der Waals surface area contributed by atoms with Crippen molar-refractivity contribution in [1.29, 1.82) is 0 Å². The van der Waals surface area contributed by atoms with Gasteiger partial charge in [-0.05, 0) is 62.8 Å². The molecule has 0 aliphatic rings. The summed E-state index contributed by atoms with van der Waals surface area (Å²) in [6.07, 6.45) is 4.44. The lowest BCUT2D eigenvalue weighted by atomic mass is 9.85. The number of nitrogens with two attached hydrogens (primary N) is 1. The van der Waals surface area contributed by atoms with Crippen LogP contribution in [-0.4, -0.2) is 13.7 Å². The van der Waals surface area contributed by atoms with Gasteiger partial charge in [0.15, 0.2) is 0 Å². The Morgan fingerprint density at radius 1 is 1.32 bits per heavy atom. The molecule has 1 unspecified atom stereocenters. The van der Waals surface area contributed by atoms with Crippen LogP contribution in [0.4, 0.5) is 0 Å². The molecule has 0 aromatic heterocycles. The van der Waals surface area contributed by atoms with Gasteiger partial charge in [0.05, 0.1) is 7.11 Å². The third-order valence-electron chi connectivity index (χ3n) is 3.71. The summed E-state index contributed by atoms with van der Waals surface area (Å²) in [6.45, 7) is 7.10. The summed E-state index contributed by atoms with van der Waals surface area (Å²) in [5.74, 6) is 1.48. The highest BCUT2D eigenvalue weighted by Crippen LogP contribution is 2.40. The zero-order chi connectivity index (χ0) is 14.4. The summed E-state index contributed by atoms with van der Waals surface area (Å²) >= 11 is 6.35. The zero-order valence-corrected chi connectivity index (χ0v) is 13.3. The van der Waals surface area contributed by atoms with Crippen molar-refractivity contribution in [2.45, 2.75) is 52.4 Å². The molecule has 1 atom stereocenters. The number of hydrogen-bond acceptors (Lipinski definition) is 2. The predicted octanol–water partition coefficient (Wildman–Crippen LogP) is 4.59. The van der Waals surface area contributed by atoms with Crippen LogP contribution >= 0.6 is 11.6 Å². The predicted molar refractivity (Wildman–Crippen MR) is 83.4 cm³/mol. The molecule has 2 nitrogen and oxygen atoms in total. The van der Waals surface area contributed by atoms with Crippen LogP contribution in [0.5, 0.6) is 5.75 Å². The van der Waals surface area contributed by atoms with E-state index < -0.39 is 0 Å². The SMILES string of the molecule is CCCC(CCCN)c1c(C)c(Cl)cc(C)c1OC. The van der Waals surface area contributed by atoms with Crippen molar-refractivity contribution in [2.75, 3.05) is 13.7 Å². The van der Waals surface area contributed by atoms with E-state index in [1.54, 1.807) is 7.11 Å². The maximum absolute atomic E-state index is 6.35. The number of rotatable bonds is 7. The first-order valence-corrected chi connectivity index (χ1v) is 7.48. The fourth-order valence-electron chi connectivity index (χ4n) is 2.78. The molecule has 0 aliphatic carbocycles. The number of hydrogen-bond donors (Lipinski definition) is 1. The summed E-state index contributed by atoms with van der Waals surface area (Å²) in [5, 5.41) is 0.835. The van der Waals surface area contributed by atoms with Gasteiger partial charge >= 0.3 is 0 Å². The Morgan fingerprint density at radius 3 is 2.53 bits per heavy atom. The van der Waals surface area contributed by atoms with Gasteiger partial charge in [0.25, 0.3) is 0 Å². The van der Waals surface area contributed by atoms with E-state index in [4.69, 9.17) is 22.1 Å². The van der Waals surface area contributed by atoms with Gasteiger partial charge in [-0.15, -0.1) is 0 Å². The molecule has 1 rings (SSSR count). The standard InChI is InChI=1S/C16H26ClNO/c1-5-7-13(8-6-9-18)15-12(3)14(17)10-11(2)16(15)19-4/h10,13H,5-9,18H2,1-4H3. The number of aryl methyl sites for hydroxylation is 1. The fourth-order valence-corrected chi connectivity index (χ4v) is 3.05. The van der Waals surface area contributed by atoms with Gasteiger partial charge < -0.3 is 10.5 Å². The second-order valence-corrected chi connectivity index (χ2v) is 5.57. The van der Waals surface area contributed by atoms with E-state index in [0.717, 1.165) is 54.1 Å². The molecule has 0 amide bonds. The molecule has 19 heavy (non-hydrogen) atoms. The van der Waals surface area contributed by atoms with Gasteiger partial charge in [-0.2, -0.15) is 0 Å². The van der Waals surface area contributed by atoms with E-state index in [1.165, 1.54) is 5.56 Å². The Morgan fingerprint density at radius 2 is 2.00 bits per heavy atom. The lowest BCUT2D eigenvalue weighted by Crippen LogP contribution is -2.08. The van der Waals surface area contributed by atoms with Crippen molar-refractivity contribution < 1.29 is 4.74 Å². The minimum Gasteiger partial charge on any atom is -0.496 e. The highest BCUT2D eigenvalue weighted by molar-refractivity contribution is 6.31. The van der Waals surface area contributed by atoms with Crippen LogP contribution in [0.25, 0.3) is 0 Å². The van der Waals surface area contributed by atoms with Crippen LogP contribution < -0.4 is 10.5 Å². The first kappa shape index (κ1) is 16.3. The summed E-state index contributed by atoms with van der Waals surface area (Å²) in [7, 11) is 1.74. The van der Waals surface area contributed by atoms with Crippen LogP contribution in [0, 0.1) is 13.8 Å². The normalized spacial score (nSPS) is 12.5. The van der Waals surface area contributed by atoms with Crippen molar-refractivity contribution in [1.82, 2.24) is 0 Å². The maximum atomic E-state index is 6.35. The summed E-state index contributed by atoms with van der Waals surface area (Å²) in [4.78, 5) is 0. The third kappa shape index (κ3) is 3.87. The molecule has 0 saturated heterocycles. The van der Waals surface area contributed by atoms with Crippen molar-refractivity contribution in [3.8, 4) is 5.75 Å². The lowest BCUT2D eigenvalue weighted by Gasteiger charge is -2.23. The van der Waals surface area contributed by atoms with E-state index in [1.807, 2.05) is 6.07 Å². The largest absolute Gasteiger partial charge is 0.496 e. The number of ether oxygens (including phenoxy) is 1. The van der Waals surface area contributed by atoms with Gasteiger partial charge in [-0.3, -0.25) is 0 Å². The summed E-state index contributed by atoms with van der Waals surface area (Å²) in [6, 6.07) is 1.99. The lowest BCUT2D eigenvalue weighted by molar-refractivity contribution is 0.396. The van der Waals surface area contributed by atoms with E-state index in [9.17, 15) is 0 Å². The first-order valence-electron chi connectivity index (χ1n) is 7.10. The molecular formula is C16H26ClNO. The molecule has 0 spiro atoms. The van der Waals surface area contributed by atoms with E-state index in [0.29, 0.717) is 5.92 Å². The van der Waals surface area contributed by atoms with E-state index in [-0.39, 0.29) is 0 Å². The minimum absolute atomic E-state index is 0.487. The quantitative estimate of drug-likeness (QED) is 0.794. The highest BCUT2D eigenvalue weighted by Gasteiger charge is 2.21. The topological polar surface area (TPSA) is 35.2 Å². The van der Waals surface area contributed by atoms with Crippen molar-refractivity contribution >= 4 is 11.6 Å². The molecule has 1 aromatic rings. The maximum Gasteiger partial charge on any atom is 0.125 e.